The van der Waals surface area contributed by atoms with E-state index in [0.717, 1.165) is 0 Å². The number of ether oxygens (including phenoxy) is 2. The topological polar surface area (TPSA) is 81.9 Å². The number of nitrogens with zero attached hydrogens (tertiary/aromatic N) is 2. The molecule has 0 spiro atoms. The summed E-state index contributed by atoms with van der Waals surface area (Å²) < 4.78 is 55.0. The normalized spacial score (nSPS) is 11.5. The summed E-state index contributed by atoms with van der Waals surface area (Å²) in [4.78, 5) is 25.8. The van der Waals surface area contributed by atoms with Crippen LogP contribution in [0.2, 0.25) is 0 Å². The standard InChI is InChI=1S/C24H25F3N2O5/c1-4-7-17-19(11-10-18-20(17)34-28-21(18)24(25,26)27)33-13-6-12-29(2)22(30)15-8-5-9-16(14-15)23(31)32-3/h5,8-11,14H,4,6-7,12-13H2,1-3H3. The molecule has 34 heavy (non-hydrogen) atoms. The number of fused-ring (bicyclic) bond motifs is 1. The van der Waals surface area contributed by atoms with Crippen LogP contribution in [0.4, 0.5) is 13.2 Å². The Morgan fingerprint density at radius 1 is 1.15 bits per heavy atom. The summed E-state index contributed by atoms with van der Waals surface area (Å²) in [6.45, 7) is 2.51. The first-order valence-electron chi connectivity index (χ1n) is 10.7. The minimum atomic E-state index is -4.61. The minimum absolute atomic E-state index is 0.0736. The van der Waals surface area contributed by atoms with Gasteiger partial charge in [-0.2, -0.15) is 13.2 Å². The van der Waals surface area contributed by atoms with Gasteiger partial charge in [0.2, 0.25) is 0 Å². The molecule has 3 aromatic rings. The van der Waals surface area contributed by atoms with Crippen LogP contribution >= 0.6 is 0 Å². The Morgan fingerprint density at radius 3 is 2.56 bits per heavy atom. The number of amides is 1. The number of rotatable bonds is 9. The van der Waals surface area contributed by atoms with Crippen molar-refractivity contribution >= 4 is 22.8 Å². The summed E-state index contributed by atoms with van der Waals surface area (Å²) in [6.07, 6.45) is -2.98. The van der Waals surface area contributed by atoms with Crippen LogP contribution in [0.25, 0.3) is 11.0 Å². The molecule has 0 aliphatic rings. The number of aromatic nitrogens is 1. The van der Waals surface area contributed by atoms with Gasteiger partial charge in [0, 0.05) is 24.7 Å². The largest absolute Gasteiger partial charge is 0.493 e. The first-order valence-corrected chi connectivity index (χ1v) is 10.7. The Hall–Kier alpha value is -3.56. The average Bonchev–Trinajstić information content (AvgIpc) is 3.27. The van der Waals surface area contributed by atoms with Gasteiger partial charge in [0.25, 0.3) is 5.91 Å². The van der Waals surface area contributed by atoms with Crippen molar-refractivity contribution in [3.63, 3.8) is 0 Å². The molecule has 0 bridgehead atoms. The van der Waals surface area contributed by atoms with Crippen molar-refractivity contribution in [3.8, 4) is 5.75 Å². The molecule has 10 heteroatoms. The Labute approximate surface area is 194 Å². The lowest BCUT2D eigenvalue weighted by Crippen LogP contribution is -2.28. The van der Waals surface area contributed by atoms with E-state index in [1.807, 2.05) is 6.92 Å². The molecule has 0 N–H and O–H groups in total. The molecule has 1 heterocycles. The van der Waals surface area contributed by atoms with E-state index in [1.165, 1.54) is 30.2 Å². The van der Waals surface area contributed by atoms with Crippen molar-refractivity contribution in [1.29, 1.82) is 0 Å². The number of alkyl halides is 3. The van der Waals surface area contributed by atoms with Crippen LogP contribution in [0, 0.1) is 0 Å². The average molecular weight is 478 g/mol. The molecule has 1 aromatic heterocycles. The van der Waals surface area contributed by atoms with Gasteiger partial charge >= 0.3 is 12.1 Å². The van der Waals surface area contributed by atoms with E-state index in [1.54, 1.807) is 25.2 Å². The second kappa shape index (κ2) is 10.6. The van der Waals surface area contributed by atoms with Crippen LogP contribution in [-0.2, 0) is 17.3 Å². The summed E-state index contributed by atoms with van der Waals surface area (Å²) >= 11 is 0. The lowest BCUT2D eigenvalue weighted by Gasteiger charge is -2.18. The van der Waals surface area contributed by atoms with Crippen LogP contribution in [0.3, 0.4) is 0 Å². The molecule has 0 fully saturated rings. The fraction of sp³-hybridized carbons (Fsp3) is 0.375. The molecule has 0 unspecified atom stereocenters. The van der Waals surface area contributed by atoms with E-state index in [2.05, 4.69) is 9.89 Å². The van der Waals surface area contributed by atoms with Crippen LogP contribution in [0.15, 0.2) is 40.9 Å². The maximum Gasteiger partial charge on any atom is 0.437 e. The molecule has 0 saturated heterocycles. The number of carbonyl (C=O) groups excluding carboxylic acids is 2. The molecule has 1 amide bonds. The van der Waals surface area contributed by atoms with Gasteiger partial charge in [-0.15, -0.1) is 0 Å². The predicted molar refractivity (Wildman–Crippen MR) is 118 cm³/mol. The van der Waals surface area contributed by atoms with E-state index in [4.69, 9.17) is 9.26 Å². The number of halogens is 3. The summed E-state index contributed by atoms with van der Waals surface area (Å²) in [5.74, 6) is -0.362. The number of aryl methyl sites for hydroxylation is 1. The van der Waals surface area contributed by atoms with Crippen molar-refractivity contribution in [3.05, 3.63) is 58.8 Å². The van der Waals surface area contributed by atoms with E-state index in [-0.39, 0.29) is 29.0 Å². The van der Waals surface area contributed by atoms with Gasteiger partial charge in [-0.25, -0.2) is 4.79 Å². The Balaban J connectivity index is 1.64. The van der Waals surface area contributed by atoms with Crippen LogP contribution in [0.5, 0.6) is 5.75 Å². The molecule has 0 saturated carbocycles. The Kier molecular flexibility index (Phi) is 7.80. The minimum Gasteiger partial charge on any atom is -0.493 e. The van der Waals surface area contributed by atoms with Gasteiger partial charge in [0.1, 0.15) is 5.75 Å². The quantitative estimate of drug-likeness (QED) is 0.313. The molecule has 7 nitrogen and oxygen atoms in total. The van der Waals surface area contributed by atoms with E-state index in [9.17, 15) is 22.8 Å². The van der Waals surface area contributed by atoms with Gasteiger partial charge in [-0.3, -0.25) is 4.79 Å². The predicted octanol–water partition coefficient (Wildman–Crippen LogP) is 5.13. The maximum absolute atomic E-state index is 13.2. The second-order valence-electron chi connectivity index (χ2n) is 7.70. The highest BCUT2D eigenvalue weighted by molar-refractivity contribution is 5.97. The smallest absolute Gasteiger partial charge is 0.437 e. The summed E-state index contributed by atoms with van der Waals surface area (Å²) in [5, 5.41) is 3.12. The fourth-order valence-corrected chi connectivity index (χ4v) is 3.57. The highest BCUT2D eigenvalue weighted by Crippen LogP contribution is 2.38. The highest BCUT2D eigenvalue weighted by Gasteiger charge is 2.37. The summed E-state index contributed by atoms with van der Waals surface area (Å²) in [5.41, 5.74) is 0.192. The number of methoxy groups -OCH3 is 1. The van der Waals surface area contributed by atoms with Crippen LogP contribution in [0.1, 0.15) is 51.7 Å². The SMILES string of the molecule is CCCc1c(OCCCN(C)C(=O)c2cccc(C(=O)OC)c2)ccc2c(C(F)(F)F)noc12. The first-order chi connectivity index (χ1) is 16.2. The van der Waals surface area contributed by atoms with Gasteiger partial charge in [0.15, 0.2) is 11.3 Å². The zero-order valence-corrected chi connectivity index (χ0v) is 19.1. The van der Waals surface area contributed by atoms with E-state index >= 15 is 0 Å². The van der Waals surface area contributed by atoms with Crippen LogP contribution < -0.4 is 4.74 Å². The van der Waals surface area contributed by atoms with Gasteiger partial charge < -0.3 is 18.9 Å². The fourth-order valence-electron chi connectivity index (χ4n) is 3.57. The zero-order valence-electron chi connectivity index (χ0n) is 19.1. The van der Waals surface area contributed by atoms with Crippen molar-refractivity contribution < 1.29 is 36.8 Å². The monoisotopic (exact) mass is 478 g/mol. The van der Waals surface area contributed by atoms with E-state index < -0.39 is 17.8 Å². The summed E-state index contributed by atoms with van der Waals surface area (Å²) in [7, 11) is 2.90. The number of hydrogen-bond donors (Lipinski definition) is 0. The van der Waals surface area contributed by atoms with Gasteiger partial charge in [-0.1, -0.05) is 24.6 Å². The first kappa shape index (κ1) is 25.1. The van der Waals surface area contributed by atoms with Crippen LogP contribution in [-0.4, -0.2) is 49.2 Å². The van der Waals surface area contributed by atoms with Crippen molar-refractivity contribution in [2.75, 3.05) is 27.3 Å². The number of hydrogen-bond acceptors (Lipinski definition) is 6. The number of carbonyl (C=O) groups is 2. The van der Waals surface area contributed by atoms with Crippen molar-refractivity contribution in [2.45, 2.75) is 32.4 Å². The van der Waals surface area contributed by atoms with Crippen molar-refractivity contribution in [1.82, 2.24) is 10.1 Å². The molecule has 0 aliphatic heterocycles. The molecule has 3 rings (SSSR count). The summed E-state index contributed by atoms with van der Waals surface area (Å²) in [6, 6.07) is 9.05. The molecular formula is C24H25F3N2O5. The zero-order chi connectivity index (χ0) is 24.9. The van der Waals surface area contributed by atoms with E-state index in [0.29, 0.717) is 42.7 Å². The molecule has 0 atom stereocenters. The number of esters is 1. The maximum atomic E-state index is 13.2. The number of benzene rings is 2. The molecule has 0 aliphatic carbocycles. The van der Waals surface area contributed by atoms with Gasteiger partial charge in [-0.05, 0) is 43.2 Å². The lowest BCUT2D eigenvalue weighted by molar-refractivity contribution is -0.141. The third kappa shape index (κ3) is 5.49. The lowest BCUT2D eigenvalue weighted by atomic mass is 10.0. The van der Waals surface area contributed by atoms with Crippen molar-refractivity contribution in [2.24, 2.45) is 0 Å². The molecule has 182 valence electrons. The Morgan fingerprint density at radius 2 is 1.88 bits per heavy atom. The van der Waals surface area contributed by atoms with Gasteiger partial charge in [0.05, 0.1) is 24.7 Å². The molecule has 2 aromatic carbocycles. The third-order valence-electron chi connectivity index (χ3n) is 5.24. The molecular weight excluding hydrogens is 453 g/mol. The molecule has 0 radical (unpaired) electrons. The third-order valence-corrected chi connectivity index (χ3v) is 5.24. The highest BCUT2D eigenvalue weighted by atomic mass is 19.4. The second-order valence-corrected chi connectivity index (χ2v) is 7.70. The Bertz CT molecular complexity index is 1170.